The maximum atomic E-state index is 12.3. The molecule has 0 saturated heterocycles. The van der Waals surface area contributed by atoms with Crippen molar-refractivity contribution >= 4 is 11.6 Å². The second-order valence-electron chi connectivity index (χ2n) is 4.22. The van der Waals surface area contributed by atoms with Crippen LogP contribution in [0.5, 0.6) is 0 Å². The van der Waals surface area contributed by atoms with Gasteiger partial charge in [0.1, 0.15) is 0 Å². The highest BCUT2D eigenvalue weighted by molar-refractivity contribution is 6.05. The molecule has 2 rings (SSSR count). The molecule has 0 spiro atoms. The van der Waals surface area contributed by atoms with Crippen molar-refractivity contribution in [1.82, 2.24) is 0 Å². The van der Waals surface area contributed by atoms with Gasteiger partial charge in [0.25, 0.3) is 5.91 Å². The van der Waals surface area contributed by atoms with Crippen molar-refractivity contribution in [1.29, 1.82) is 10.5 Å². The quantitative estimate of drug-likeness (QED) is 0.834. The fourth-order valence-electron chi connectivity index (χ4n) is 1.78. The normalized spacial score (nSPS) is 9.35. The number of hydrogen-bond donors (Lipinski definition) is 0. The van der Waals surface area contributed by atoms with E-state index in [1.807, 2.05) is 12.1 Å². The van der Waals surface area contributed by atoms with E-state index in [-0.39, 0.29) is 5.91 Å². The lowest BCUT2D eigenvalue weighted by Gasteiger charge is -2.17. The summed E-state index contributed by atoms with van der Waals surface area (Å²) in [5, 5.41) is 17.6. The third-order valence-corrected chi connectivity index (χ3v) is 2.93. The number of nitriles is 2. The van der Waals surface area contributed by atoms with E-state index in [0.29, 0.717) is 22.4 Å². The van der Waals surface area contributed by atoms with Crippen LogP contribution in [-0.2, 0) is 0 Å². The lowest BCUT2D eigenvalue weighted by Crippen LogP contribution is -2.26. The third-order valence-electron chi connectivity index (χ3n) is 2.93. The molecular weight excluding hydrogens is 250 g/mol. The molecule has 0 bridgehead atoms. The first-order valence-corrected chi connectivity index (χ1v) is 5.94. The van der Waals surface area contributed by atoms with Crippen LogP contribution >= 0.6 is 0 Å². The Kier molecular flexibility index (Phi) is 3.79. The highest BCUT2D eigenvalue weighted by Crippen LogP contribution is 2.17. The Bertz CT molecular complexity index is 721. The number of nitrogens with zero attached hydrogens (tertiary/aromatic N) is 3. The molecular formula is C16H11N3O. The van der Waals surface area contributed by atoms with Crippen LogP contribution < -0.4 is 4.90 Å². The predicted octanol–water partition coefficient (Wildman–Crippen LogP) is 2.71. The van der Waals surface area contributed by atoms with Crippen molar-refractivity contribution in [2.75, 3.05) is 11.9 Å². The van der Waals surface area contributed by atoms with Crippen molar-refractivity contribution < 1.29 is 4.79 Å². The van der Waals surface area contributed by atoms with Gasteiger partial charge in [-0.2, -0.15) is 10.5 Å². The van der Waals surface area contributed by atoms with Crippen LogP contribution in [0.3, 0.4) is 0 Å². The smallest absolute Gasteiger partial charge is 0.258 e. The lowest BCUT2D eigenvalue weighted by atomic mass is 10.1. The summed E-state index contributed by atoms with van der Waals surface area (Å²) in [5.74, 6) is -0.190. The molecule has 0 atom stereocenters. The molecule has 96 valence electrons. The molecule has 0 aliphatic heterocycles. The predicted molar refractivity (Wildman–Crippen MR) is 75.0 cm³/mol. The summed E-state index contributed by atoms with van der Waals surface area (Å²) in [6.07, 6.45) is 0. The van der Waals surface area contributed by atoms with E-state index < -0.39 is 0 Å². The Labute approximate surface area is 117 Å². The molecule has 0 aliphatic rings. The molecule has 0 unspecified atom stereocenters. The Hall–Kier alpha value is -3.11. The van der Waals surface area contributed by atoms with E-state index in [0.717, 1.165) is 0 Å². The van der Waals surface area contributed by atoms with Crippen LogP contribution in [0.25, 0.3) is 0 Å². The maximum absolute atomic E-state index is 12.3. The summed E-state index contributed by atoms with van der Waals surface area (Å²) in [7, 11) is 1.65. The van der Waals surface area contributed by atoms with Crippen LogP contribution in [0.1, 0.15) is 21.5 Å². The highest BCUT2D eigenvalue weighted by Gasteiger charge is 2.13. The summed E-state index contributed by atoms with van der Waals surface area (Å²) in [6, 6.07) is 17.3. The average molecular weight is 261 g/mol. The van der Waals surface area contributed by atoms with Gasteiger partial charge in [-0.25, -0.2) is 0 Å². The van der Waals surface area contributed by atoms with Crippen molar-refractivity contribution in [2.24, 2.45) is 0 Å². The molecule has 0 N–H and O–H groups in total. The summed E-state index contributed by atoms with van der Waals surface area (Å²) < 4.78 is 0. The largest absolute Gasteiger partial charge is 0.311 e. The average Bonchev–Trinajstić information content (AvgIpc) is 2.53. The first kappa shape index (κ1) is 13.3. The minimum Gasteiger partial charge on any atom is -0.311 e. The van der Waals surface area contributed by atoms with Gasteiger partial charge in [0, 0.05) is 18.3 Å². The fourth-order valence-corrected chi connectivity index (χ4v) is 1.78. The van der Waals surface area contributed by atoms with E-state index in [1.54, 1.807) is 55.6 Å². The van der Waals surface area contributed by atoms with Crippen molar-refractivity contribution in [2.45, 2.75) is 0 Å². The van der Waals surface area contributed by atoms with Gasteiger partial charge in [0.15, 0.2) is 0 Å². The third kappa shape index (κ3) is 2.66. The Morgan fingerprint density at radius 1 is 1.00 bits per heavy atom. The van der Waals surface area contributed by atoms with Gasteiger partial charge in [0.2, 0.25) is 0 Å². The number of carbonyl (C=O) groups excluding carboxylic acids is 1. The van der Waals surface area contributed by atoms with Gasteiger partial charge in [-0.3, -0.25) is 4.79 Å². The van der Waals surface area contributed by atoms with E-state index in [2.05, 4.69) is 0 Å². The van der Waals surface area contributed by atoms with E-state index >= 15 is 0 Å². The Morgan fingerprint density at radius 3 is 2.25 bits per heavy atom. The molecule has 0 radical (unpaired) electrons. The standard InChI is InChI=1S/C16H11N3O/c1-19(15-4-2-3-13(9-15)11-18)16(20)14-7-5-12(10-17)6-8-14/h2-9H,1H3. The SMILES string of the molecule is CN(C(=O)c1ccc(C#N)cc1)c1cccc(C#N)c1. The summed E-state index contributed by atoms with van der Waals surface area (Å²) >= 11 is 0. The minimum absolute atomic E-state index is 0.190. The monoisotopic (exact) mass is 261 g/mol. The van der Waals surface area contributed by atoms with Gasteiger partial charge in [-0.05, 0) is 42.5 Å². The molecule has 4 heteroatoms. The number of hydrogen-bond acceptors (Lipinski definition) is 3. The summed E-state index contributed by atoms with van der Waals surface area (Å²) in [6.45, 7) is 0. The molecule has 1 amide bonds. The van der Waals surface area contributed by atoms with Gasteiger partial charge in [-0.15, -0.1) is 0 Å². The first-order valence-electron chi connectivity index (χ1n) is 5.94. The van der Waals surface area contributed by atoms with Crippen LogP contribution in [0.15, 0.2) is 48.5 Å². The molecule has 0 aromatic heterocycles. The number of rotatable bonds is 2. The van der Waals surface area contributed by atoms with Gasteiger partial charge in [0.05, 0.1) is 23.3 Å². The van der Waals surface area contributed by atoms with Crippen LogP contribution in [-0.4, -0.2) is 13.0 Å². The van der Waals surface area contributed by atoms with E-state index in [4.69, 9.17) is 10.5 Å². The highest BCUT2D eigenvalue weighted by atomic mass is 16.2. The molecule has 20 heavy (non-hydrogen) atoms. The molecule has 4 nitrogen and oxygen atoms in total. The van der Waals surface area contributed by atoms with Crippen LogP contribution in [0.4, 0.5) is 5.69 Å². The Balaban J connectivity index is 2.28. The topological polar surface area (TPSA) is 67.9 Å². The number of amides is 1. The molecule has 0 aliphatic carbocycles. The number of benzene rings is 2. The lowest BCUT2D eigenvalue weighted by molar-refractivity contribution is 0.0993. The zero-order valence-electron chi connectivity index (χ0n) is 10.9. The van der Waals surface area contributed by atoms with Gasteiger partial charge < -0.3 is 4.90 Å². The zero-order chi connectivity index (χ0) is 14.5. The molecule has 2 aromatic carbocycles. The second kappa shape index (κ2) is 5.69. The van der Waals surface area contributed by atoms with E-state index in [9.17, 15) is 4.79 Å². The second-order valence-corrected chi connectivity index (χ2v) is 4.22. The van der Waals surface area contributed by atoms with Crippen LogP contribution in [0, 0.1) is 22.7 Å². The summed E-state index contributed by atoms with van der Waals surface area (Å²) in [4.78, 5) is 13.8. The first-order chi connectivity index (χ1) is 9.65. The number of anilines is 1. The van der Waals surface area contributed by atoms with E-state index in [1.165, 1.54) is 4.90 Å². The van der Waals surface area contributed by atoms with Gasteiger partial charge in [-0.1, -0.05) is 6.07 Å². The molecule has 0 fully saturated rings. The number of carbonyl (C=O) groups is 1. The molecule has 0 heterocycles. The van der Waals surface area contributed by atoms with Crippen molar-refractivity contribution in [3.8, 4) is 12.1 Å². The molecule has 0 saturated carbocycles. The maximum Gasteiger partial charge on any atom is 0.258 e. The summed E-state index contributed by atoms with van der Waals surface area (Å²) in [5.41, 5.74) is 2.16. The Morgan fingerprint density at radius 2 is 1.65 bits per heavy atom. The van der Waals surface area contributed by atoms with Crippen LogP contribution in [0.2, 0.25) is 0 Å². The molecule has 2 aromatic rings. The van der Waals surface area contributed by atoms with Crippen molar-refractivity contribution in [3.63, 3.8) is 0 Å². The van der Waals surface area contributed by atoms with Crippen molar-refractivity contribution in [3.05, 3.63) is 65.2 Å². The van der Waals surface area contributed by atoms with Gasteiger partial charge >= 0.3 is 0 Å². The minimum atomic E-state index is -0.190. The fraction of sp³-hybridized carbons (Fsp3) is 0.0625. The zero-order valence-corrected chi connectivity index (χ0v) is 10.9.